The summed E-state index contributed by atoms with van der Waals surface area (Å²) in [6, 6.07) is 3.41. The Kier molecular flexibility index (Phi) is 3.37. The molecule has 3 aromatic heterocycles. The number of aryl methyl sites for hydroxylation is 1. The molecule has 0 unspecified atom stereocenters. The minimum Gasteiger partial charge on any atom is -0.340 e. The fourth-order valence-electron chi connectivity index (χ4n) is 2.81. The van der Waals surface area contributed by atoms with Crippen molar-refractivity contribution >= 4 is 5.91 Å². The Morgan fingerprint density at radius 1 is 1.38 bits per heavy atom. The first-order chi connectivity index (χ1) is 11.7. The van der Waals surface area contributed by atoms with Gasteiger partial charge in [-0.2, -0.15) is 4.98 Å². The normalized spacial score (nSPS) is 15.7. The number of carbonyl (C=O) groups excluding carboxylic acids is 1. The lowest BCUT2D eigenvalue weighted by Crippen LogP contribution is -2.51. The average Bonchev–Trinajstić information content (AvgIpc) is 3.22. The molecule has 8 nitrogen and oxygen atoms in total. The van der Waals surface area contributed by atoms with Gasteiger partial charge in [0.1, 0.15) is 17.7 Å². The molecule has 1 aliphatic rings. The van der Waals surface area contributed by atoms with Crippen molar-refractivity contribution < 1.29 is 9.32 Å². The largest absolute Gasteiger partial charge is 0.340 e. The first-order valence-corrected chi connectivity index (χ1v) is 7.74. The Labute approximate surface area is 137 Å². The fourth-order valence-corrected chi connectivity index (χ4v) is 2.81. The van der Waals surface area contributed by atoms with Gasteiger partial charge in [-0.25, -0.2) is 9.97 Å². The molecule has 122 valence electrons. The van der Waals surface area contributed by atoms with Crippen LogP contribution in [0.3, 0.4) is 0 Å². The van der Waals surface area contributed by atoms with E-state index < -0.39 is 5.54 Å². The van der Waals surface area contributed by atoms with Crippen molar-refractivity contribution in [1.29, 1.82) is 0 Å². The molecule has 24 heavy (non-hydrogen) atoms. The van der Waals surface area contributed by atoms with E-state index in [1.165, 1.54) is 0 Å². The predicted octanol–water partition coefficient (Wildman–Crippen LogP) is 1.77. The van der Waals surface area contributed by atoms with E-state index in [2.05, 4.69) is 25.4 Å². The molecule has 8 heteroatoms. The molecule has 0 atom stereocenters. The van der Waals surface area contributed by atoms with Crippen LogP contribution in [0.4, 0.5) is 0 Å². The Bertz CT molecular complexity index is 866. The second-order valence-electron chi connectivity index (χ2n) is 5.90. The van der Waals surface area contributed by atoms with E-state index in [9.17, 15) is 4.79 Å². The van der Waals surface area contributed by atoms with Crippen LogP contribution in [0.1, 0.15) is 41.3 Å². The van der Waals surface area contributed by atoms with Gasteiger partial charge >= 0.3 is 0 Å². The van der Waals surface area contributed by atoms with Crippen molar-refractivity contribution in [3.05, 3.63) is 54.3 Å². The molecule has 0 bridgehead atoms. The van der Waals surface area contributed by atoms with E-state index in [-0.39, 0.29) is 5.91 Å². The lowest BCUT2D eigenvalue weighted by atomic mass is 9.76. The summed E-state index contributed by atoms with van der Waals surface area (Å²) in [5.41, 5.74) is -0.00649. The van der Waals surface area contributed by atoms with E-state index >= 15 is 0 Å². The highest BCUT2D eigenvalue weighted by molar-refractivity contribution is 5.95. The molecule has 3 heterocycles. The molecule has 0 saturated heterocycles. The zero-order chi connectivity index (χ0) is 16.6. The van der Waals surface area contributed by atoms with Crippen molar-refractivity contribution in [2.45, 2.75) is 31.7 Å². The van der Waals surface area contributed by atoms with Gasteiger partial charge in [0.05, 0.1) is 0 Å². The number of pyridine rings is 1. The molecule has 3 aromatic rings. The van der Waals surface area contributed by atoms with E-state index in [1.54, 1.807) is 48.5 Å². The summed E-state index contributed by atoms with van der Waals surface area (Å²) < 4.78 is 6.82. The number of nitrogens with one attached hydrogen (secondary N) is 1. The van der Waals surface area contributed by atoms with Crippen LogP contribution < -0.4 is 5.32 Å². The molecule has 1 amide bonds. The Balaban J connectivity index is 1.59. The number of carbonyl (C=O) groups is 1. The maximum absolute atomic E-state index is 12.7. The van der Waals surface area contributed by atoms with Crippen LogP contribution in [-0.4, -0.2) is 30.6 Å². The number of hydrogen-bond acceptors (Lipinski definition) is 6. The number of rotatable bonds is 4. The maximum atomic E-state index is 12.7. The van der Waals surface area contributed by atoms with Gasteiger partial charge < -0.3 is 9.84 Å². The highest BCUT2D eigenvalue weighted by atomic mass is 16.5. The van der Waals surface area contributed by atoms with Crippen LogP contribution in [0.5, 0.6) is 0 Å². The van der Waals surface area contributed by atoms with Crippen LogP contribution in [0.2, 0.25) is 0 Å². The number of hydrogen-bond donors (Lipinski definition) is 1. The molecule has 0 aliphatic heterocycles. The van der Waals surface area contributed by atoms with E-state index in [4.69, 9.17) is 4.52 Å². The molecule has 1 aliphatic carbocycles. The maximum Gasteiger partial charge on any atom is 0.252 e. The summed E-state index contributed by atoms with van der Waals surface area (Å²) in [7, 11) is 0. The van der Waals surface area contributed by atoms with Gasteiger partial charge in [-0.3, -0.25) is 9.36 Å². The van der Waals surface area contributed by atoms with Gasteiger partial charge in [-0.1, -0.05) is 5.16 Å². The lowest BCUT2D eigenvalue weighted by Gasteiger charge is -2.39. The first kappa shape index (κ1) is 14.6. The zero-order valence-corrected chi connectivity index (χ0v) is 13.1. The second-order valence-corrected chi connectivity index (χ2v) is 5.90. The van der Waals surface area contributed by atoms with Gasteiger partial charge in [0.2, 0.25) is 5.89 Å². The third kappa shape index (κ3) is 2.45. The van der Waals surface area contributed by atoms with Gasteiger partial charge in [0, 0.05) is 31.1 Å². The van der Waals surface area contributed by atoms with Crippen molar-refractivity contribution in [2.75, 3.05) is 0 Å². The van der Waals surface area contributed by atoms with Crippen LogP contribution in [-0.2, 0) is 5.54 Å². The molecule has 0 spiro atoms. The summed E-state index contributed by atoms with van der Waals surface area (Å²) in [5, 5.41) is 7.06. The summed E-state index contributed by atoms with van der Waals surface area (Å²) in [4.78, 5) is 25.2. The van der Waals surface area contributed by atoms with Gasteiger partial charge in [-0.15, -0.1) is 0 Å². The molecular formula is C16H16N6O2. The summed E-state index contributed by atoms with van der Waals surface area (Å²) in [6.07, 6.45) is 9.31. The minimum atomic E-state index is -0.534. The number of nitrogens with zero attached hydrogens (tertiary/aromatic N) is 5. The molecule has 4 rings (SSSR count). The number of imidazole rings is 1. The summed E-state index contributed by atoms with van der Waals surface area (Å²) in [5.74, 6) is 1.50. The Hall–Kier alpha value is -3.03. The van der Waals surface area contributed by atoms with Crippen molar-refractivity contribution in [1.82, 2.24) is 30.0 Å². The second kappa shape index (κ2) is 5.55. The number of amides is 1. The van der Waals surface area contributed by atoms with E-state index in [0.717, 1.165) is 19.3 Å². The Morgan fingerprint density at radius 3 is 2.88 bits per heavy atom. The summed E-state index contributed by atoms with van der Waals surface area (Å²) >= 11 is 0. The first-order valence-electron chi connectivity index (χ1n) is 7.74. The predicted molar refractivity (Wildman–Crippen MR) is 83.4 cm³/mol. The molecule has 1 fully saturated rings. The third-order valence-electron chi connectivity index (χ3n) is 4.29. The monoisotopic (exact) mass is 324 g/mol. The van der Waals surface area contributed by atoms with Gasteiger partial charge in [0.25, 0.3) is 5.91 Å². The Morgan fingerprint density at radius 2 is 2.25 bits per heavy atom. The van der Waals surface area contributed by atoms with Gasteiger partial charge in [-0.05, 0) is 31.4 Å². The van der Waals surface area contributed by atoms with Crippen molar-refractivity contribution in [3.8, 4) is 5.82 Å². The van der Waals surface area contributed by atoms with E-state index in [1.807, 2.05) is 0 Å². The van der Waals surface area contributed by atoms with E-state index in [0.29, 0.717) is 23.1 Å². The fraction of sp³-hybridized carbons (Fsp3) is 0.312. The minimum absolute atomic E-state index is 0.180. The van der Waals surface area contributed by atoms with Crippen molar-refractivity contribution in [2.24, 2.45) is 0 Å². The molecular weight excluding hydrogens is 308 g/mol. The molecule has 0 radical (unpaired) electrons. The molecule has 1 N–H and O–H groups in total. The quantitative estimate of drug-likeness (QED) is 0.785. The highest BCUT2D eigenvalue weighted by Gasteiger charge is 2.44. The SMILES string of the molecule is Cc1nc(C2(NC(=O)c3ccnc(-n4ccnc4)c3)CCC2)no1. The standard InChI is InChI=1S/C16H16N6O2/c1-11-19-15(21-24-11)16(4-2-5-16)20-14(23)12-3-6-18-13(9-12)22-8-7-17-10-22/h3,6-10H,2,4-5H2,1H3,(H,20,23). The average molecular weight is 324 g/mol. The molecule has 0 aromatic carbocycles. The molecule has 1 saturated carbocycles. The van der Waals surface area contributed by atoms with Crippen LogP contribution in [0.15, 0.2) is 41.6 Å². The van der Waals surface area contributed by atoms with Crippen LogP contribution in [0, 0.1) is 6.92 Å². The number of aromatic nitrogens is 5. The zero-order valence-electron chi connectivity index (χ0n) is 13.1. The smallest absolute Gasteiger partial charge is 0.252 e. The third-order valence-corrected chi connectivity index (χ3v) is 4.29. The highest BCUT2D eigenvalue weighted by Crippen LogP contribution is 2.40. The van der Waals surface area contributed by atoms with Crippen LogP contribution >= 0.6 is 0 Å². The van der Waals surface area contributed by atoms with Crippen molar-refractivity contribution in [3.63, 3.8) is 0 Å². The summed E-state index contributed by atoms with van der Waals surface area (Å²) in [6.45, 7) is 1.74. The van der Waals surface area contributed by atoms with Gasteiger partial charge in [0.15, 0.2) is 5.82 Å². The van der Waals surface area contributed by atoms with Crippen LogP contribution in [0.25, 0.3) is 5.82 Å². The lowest BCUT2D eigenvalue weighted by molar-refractivity contribution is 0.0804. The topological polar surface area (TPSA) is 98.7 Å².